The first-order chi connectivity index (χ1) is 9.51. The molecule has 1 rings (SSSR count). The van der Waals surface area contributed by atoms with Crippen LogP contribution in [0.1, 0.15) is 52.9 Å². The van der Waals surface area contributed by atoms with E-state index in [9.17, 15) is 9.59 Å². The molecule has 2 N–H and O–H groups in total. The summed E-state index contributed by atoms with van der Waals surface area (Å²) in [5, 5.41) is 12.0. The van der Waals surface area contributed by atoms with Crippen molar-refractivity contribution in [3.05, 3.63) is 0 Å². The largest absolute Gasteiger partial charge is 0.481 e. The van der Waals surface area contributed by atoms with Gasteiger partial charge in [-0.1, -0.05) is 26.7 Å². The van der Waals surface area contributed by atoms with Gasteiger partial charge in [0, 0.05) is 19.1 Å². The van der Waals surface area contributed by atoms with Crippen molar-refractivity contribution in [1.82, 2.24) is 10.2 Å². The molecule has 116 valence electrons. The summed E-state index contributed by atoms with van der Waals surface area (Å²) >= 11 is 0. The first-order valence-corrected chi connectivity index (χ1v) is 7.79. The lowest BCUT2D eigenvalue weighted by molar-refractivity contribution is -0.141. The van der Waals surface area contributed by atoms with Gasteiger partial charge < -0.3 is 15.3 Å². The van der Waals surface area contributed by atoms with Crippen molar-refractivity contribution in [3.63, 3.8) is 0 Å². The van der Waals surface area contributed by atoms with Crippen LogP contribution in [0.5, 0.6) is 0 Å². The van der Waals surface area contributed by atoms with Gasteiger partial charge in [0.15, 0.2) is 0 Å². The van der Waals surface area contributed by atoms with Crippen LogP contribution in [0, 0.1) is 11.8 Å². The Morgan fingerprint density at radius 1 is 1.25 bits per heavy atom. The number of nitrogens with one attached hydrogen (secondary N) is 1. The molecule has 1 saturated carbocycles. The SMILES string of the molecule is CCC(CC)CN(CC)C(=O)NC1CCC(C(=O)O)C1. The molecule has 1 aliphatic carbocycles. The third kappa shape index (κ3) is 4.69. The van der Waals surface area contributed by atoms with E-state index < -0.39 is 5.97 Å². The molecule has 0 heterocycles. The predicted octanol–water partition coefficient (Wildman–Crippen LogP) is 2.71. The van der Waals surface area contributed by atoms with Crippen LogP contribution in [-0.2, 0) is 4.79 Å². The second-order valence-electron chi connectivity index (χ2n) is 5.72. The van der Waals surface area contributed by atoms with E-state index in [2.05, 4.69) is 19.2 Å². The van der Waals surface area contributed by atoms with E-state index in [4.69, 9.17) is 5.11 Å². The molecule has 5 nitrogen and oxygen atoms in total. The highest BCUT2D eigenvalue weighted by Crippen LogP contribution is 2.25. The lowest BCUT2D eigenvalue weighted by Crippen LogP contribution is -2.45. The number of urea groups is 1. The van der Waals surface area contributed by atoms with Gasteiger partial charge in [-0.05, 0) is 32.1 Å². The van der Waals surface area contributed by atoms with Crippen LogP contribution in [0.3, 0.4) is 0 Å². The average Bonchev–Trinajstić information content (AvgIpc) is 2.89. The first kappa shape index (κ1) is 16.8. The van der Waals surface area contributed by atoms with Gasteiger partial charge in [0.25, 0.3) is 0 Å². The van der Waals surface area contributed by atoms with Crippen molar-refractivity contribution in [3.8, 4) is 0 Å². The van der Waals surface area contributed by atoms with Gasteiger partial charge in [-0.2, -0.15) is 0 Å². The zero-order chi connectivity index (χ0) is 15.1. The highest BCUT2D eigenvalue weighted by atomic mass is 16.4. The Labute approximate surface area is 121 Å². The summed E-state index contributed by atoms with van der Waals surface area (Å²) in [6.45, 7) is 7.75. The third-order valence-corrected chi connectivity index (χ3v) is 4.41. The molecule has 2 amide bonds. The molecule has 0 spiro atoms. The molecular weight excluding hydrogens is 256 g/mol. The molecule has 20 heavy (non-hydrogen) atoms. The Balaban J connectivity index is 2.45. The predicted molar refractivity (Wildman–Crippen MR) is 78.6 cm³/mol. The van der Waals surface area contributed by atoms with Gasteiger partial charge in [0.05, 0.1) is 5.92 Å². The average molecular weight is 284 g/mol. The molecule has 0 saturated heterocycles. The smallest absolute Gasteiger partial charge is 0.317 e. The minimum absolute atomic E-state index is 0.0133. The molecular formula is C15H28N2O3. The van der Waals surface area contributed by atoms with E-state index in [1.165, 1.54) is 0 Å². The van der Waals surface area contributed by atoms with Gasteiger partial charge >= 0.3 is 12.0 Å². The number of hydrogen-bond acceptors (Lipinski definition) is 2. The Morgan fingerprint density at radius 3 is 2.35 bits per heavy atom. The normalized spacial score (nSPS) is 22.0. The molecule has 0 aliphatic heterocycles. The molecule has 0 aromatic rings. The molecule has 5 heteroatoms. The summed E-state index contributed by atoms with van der Waals surface area (Å²) < 4.78 is 0. The summed E-state index contributed by atoms with van der Waals surface area (Å²) in [4.78, 5) is 25.0. The Morgan fingerprint density at radius 2 is 1.90 bits per heavy atom. The minimum Gasteiger partial charge on any atom is -0.481 e. The van der Waals surface area contributed by atoms with Crippen LogP contribution in [0.2, 0.25) is 0 Å². The van der Waals surface area contributed by atoms with Crippen molar-refractivity contribution in [2.75, 3.05) is 13.1 Å². The summed E-state index contributed by atoms with van der Waals surface area (Å²) in [6, 6.07) is -0.0326. The maximum absolute atomic E-state index is 12.2. The fraction of sp³-hybridized carbons (Fsp3) is 0.867. The fourth-order valence-corrected chi connectivity index (χ4v) is 2.82. The first-order valence-electron chi connectivity index (χ1n) is 7.79. The number of carboxylic acids is 1. The second-order valence-corrected chi connectivity index (χ2v) is 5.72. The number of carboxylic acid groups (broad SMARTS) is 1. The van der Waals surface area contributed by atoms with Crippen molar-refractivity contribution >= 4 is 12.0 Å². The Bertz CT molecular complexity index is 329. The number of aliphatic carboxylic acids is 1. The summed E-state index contributed by atoms with van der Waals surface area (Å²) in [6.07, 6.45) is 4.14. The number of carbonyl (C=O) groups excluding carboxylic acids is 1. The maximum atomic E-state index is 12.2. The van der Waals surface area contributed by atoms with Crippen LogP contribution >= 0.6 is 0 Å². The van der Waals surface area contributed by atoms with Crippen molar-refractivity contribution in [1.29, 1.82) is 0 Å². The van der Waals surface area contributed by atoms with E-state index in [0.29, 0.717) is 25.3 Å². The van der Waals surface area contributed by atoms with Gasteiger partial charge in [0.2, 0.25) is 0 Å². The molecule has 0 bridgehead atoms. The molecule has 2 atom stereocenters. The number of nitrogens with zero attached hydrogens (tertiary/aromatic N) is 1. The van der Waals surface area contributed by atoms with Crippen LogP contribution in [-0.4, -0.2) is 41.1 Å². The lowest BCUT2D eigenvalue weighted by atomic mass is 10.0. The molecule has 1 fully saturated rings. The Hall–Kier alpha value is -1.26. The zero-order valence-electron chi connectivity index (χ0n) is 12.9. The molecule has 0 aromatic heterocycles. The van der Waals surface area contributed by atoms with Crippen molar-refractivity contribution in [2.24, 2.45) is 11.8 Å². The van der Waals surface area contributed by atoms with Gasteiger partial charge in [0.1, 0.15) is 0 Å². The number of carbonyl (C=O) groups is 2. The summed E-state index contributed by atoms with van der Waals surface area (Å²) in [7, 11) is 0. The van der Waals surface area contributed by atoms with E-state index in [0.717, 1.165) is 25.8 Å². The monoisotopic (exact) mass is 284 g/mol. The molecule has 0 aromatic carbocycles. The van der Waals surface area contributed by atoms with Crippen LogP contribution < -0.4 is 5.32 Å². The van der Waals surface area contributed by atoms with E-state index in [-0.39, 0.29) is 18.0 Å². The minimum atomic E-state index is -0.744. The van der Waals surface area contributed by atoms with E-state index >= 15 is 0 Å². The van der Waals surface area contributed by atoms with Crippen LogP contribution in [0.4, 0.5) is 4.79 Å². The molecule has 1 aliphatic rings. The molecule has 2 unspecified atom stereocenters. The standard InChI is InChI=1S/C15H28N2O3/c1-4-11(5-2)10-17(6-3)15(20)16-13-8-7-12(9-13)14(18)19/h11-13H,4-10H2,1-3H3,(H,16,20)(H,18,19). The zero-order valence-corrected chi connectivity index (χ0v) is 12.9. The third-order valence-electron chi connectivity index (χ3n) is 4.41. The highest BCUT2D eigenvalue weighted by Gasteiger charge is 2.31. The Kier molecular flexibility index (Phi) is 6.82. The van der Waals surface area contributed by atoms with Crippen molar-refractivity contribution in [2.45, 2.75) is 58.9 Å². The van der Waals surface area contributed by atoms with Gasteiger partial charge in [-0.3, -0.25) is 4.79 Å². The van der Waals surface area contributed by atoms with Gasteiger partial charge in [-0.25, -0.2) is 4.79 Å². The van der Waals surface area contributed by atoms with E-state index in [1.807, 2.05) is 11.8 Å². The molecule has 0 radical (unpaired) electrons. The highest BCUT2D eigenvalue weighted by molar-refractivity contribution is 5.75. The lowest BCUT2D eigenvalue weighted by Gasteiger charge is -2.27. The van der Waals surface area contributed by atoms with E-state index in [1.54, 1.807) is 0 Å². The topological polar surface area (TPSA) is 69.6 Å². The summed E-state index contributed by atoms with van der Waals surface area (Å²) in [5.74, 6) is -0.503. The fourth-order valence-electron chi connectivity index (χ4n) is 2.82. The van der Waals surface area contributed by atoms with Gasteiger partial charge in [-0.15, -0.1) is 0 Å². The second kappa shape index (κ2) is 8.12. The quantitative estimate of drug-likeness (QED) is 0.755. The summed E-state index contributed by atoms with van der Waals surface area (Å²) in [5.41, 5.74) is 0. The van der Waals surface area contributed by atoms with Crippen LogP contribution in [0.25, 0.3) is 0 Å². The number of amides is 2. The van der Waals surface area contributed by atoms with Crippen molar-refractivity contribution < 1.29 is 14.7 Å². The number of hydrogen-bond donors (Lipinski definition) is 2. The maximum Gasteiger partial charge on any atom is 0.317 e. The number of rotatable bonds is 7. The van der Waals surface area contributed by atoms with Crippen LogP contribution in [0.15, 0.2) is 0 Å².